The van der Waals surface area contributed by atoms with Crippen molar-refractivity contribution in [1.82, 2.24) is 19.8 Å². The molecule has 34 heavy (non-hydrogen) atoms. The zero-order valence-corrected chi connectivity index (χ0v) is 19.2. The highest BCUT2D eigenvalue weighted by Crippen LogP contribution is 2.37. The van der Waals surface area contributed by atoms with E-state index < -0.39 is 34.4 Å². The summed E-state index contributed by atoms with van der Waals surface area (Å²) in [7, 11) is 3.44. The van der Waals surface area contributed by atoms with Gasteiger partial charge in [-0.2, -0.15) is 0 Å². The van der Waals surface area contributed by atoms with Gasteiger partial charge in [0.15, 0.2) is 16.5 Å². The summed E-state index contributed by atoms with van der Waals surface area (Å²) in [6.45, 7) is 0.937. The van der Waals surface area contributed by atoms with E-state index in [1.807, 2.05) is 5.01 Å². The summed E-state index contributed by atoms with van der Waals surface area (Å²) in [4.78, 5) is 27.7. The number of aromatic nitrogens is 3. The Morgan fingerprint density at radius 1 is 1.18 bits per heavy atom. The zero-order valence-electron chi connectivity index (χ0n) is 18.4. The van der Waals surface area contributed by atoms with Crippen molar-refractivity contribution in [1.29, 1.82) is 0 Å². The van der Waals surface area contributed by atoms with Crippen LogP contribution in [0, 0.1) is 11.6 Å². The van der Waals surface area contributed by atoms with Gasteiger partial charge in [-0.25, -0.2) is 8.78 Å². The van der Waals surface area contributed by atoms with Crippen molar-refractivity contribution < 1.29 is 23.4 Å². The highest BCUT2D eigenvalue weighted by atomic mass is 32.1. The van der Waals surface area contributed by atoms with E-state index in [0.29, 0.717) is 31.1 Å². The van der Waals surface area contributed by atoms with E-state index in [1.165, 1.54) is 16.9 Å². The largest absolute Gasteiger partial charge is 0.502 e. The molecule has 1 aromatic carbocycles. The number of hydrogen-bond acceptors (Lipinski definition) is 8. The molecule has 1 spiro atoms. The Morgan fingerprint density at radius 2 is 1.91 bits per heavy atom. The number of aromatic hydroxyl groups is 1. The minimum atomic E-state index is -0.750. The zero-order chi connectivity index (χ0) is 24.2. The molecule has 1 amide bonds. The topological polar surface area (TPSA) is 101 Å². The highest BCUT2D eigenvalue weighted by molar-refractivity contribution is 7.14. The van der Waals surface area contributed by atoms with Crippen molar-refractivity contribution in [3.05, 3.63) is 62.5 Å². The maximum Gasteiger partial charge on any atom is 0.278 e. The first-order valence-electron chi connectivity index (χ1n) is 10.6. The Morgan fingerprint density at radius 3 is 2.62 bits per heavy atom. The van der Waals surface area contributed by atoms with Gasteiger partial charge in [-0.05, 0) is 11.6 Å². The number of carbonyl (C=O) groups excluding carboxylic acids is 1. The number of amides is 1. The van der Waals surface area contributed by atoms with Gasteiger partial charge in [0, 0.05) is 45.6 Å². The van der Waals surface area contributed by atoms with Crippen molar-refractivity contribution in [3.8, 4) is 16.3 Å². The van der Waals surface area contributed by atoms with E-state index in [2.05, 4.69) is 10.2 Å². The van der Waals surface area contributed by atoms with Gasteiger partial charge in [-0.15, -0.1) is 10.2 Å². The lowest BCUT2D eigenvalue weighted by molar-refractivity contribution is -0.0279. The second-order valence-electron chi connectivity index (χ2n) is 8.31. The molecular formula is C22H21F2N5O4S. The van der Waals surface area contributed by atoms with Crippen molar-refractivity contribution in [2.24, 2.45) is 0 Å². The molecule has 1 N–H and O–H groups in total. The maximum absolute atomic E-state index is 14.0. The molecular weight excluding hydrogens is 468 g/mol. The van der Waals surface area contributed by atoms with Crippen LogP contribution in [0.1, 0.15) is 33.9 Å². The summed E-state index contributed by atoms with van der Waals surface area (Å²) in [6.07, 6.45) is 2.65. The molecule has 178 valence electrons. The molecule has 0 aliphatic carbocycles. The monoisotopic (exact) mass is 489 g/mol. The summed E-state index contributed by atoms with van der Waals surface area (Å²) < 4.78 is 34.2. The van der Waals surface area contributed by atoms with Crippen LogP contribution in [0.2, 0.25) is 0 Å². The molecule has 12 heteroatoms. The number of rotatable bonds is 3. The van der Waals surface area contributed by atoms with Crippen LogP contribution in [0.25, 0.3) is 10.6 Å². The van der Waals surface area contributed by atoms with Gasteiger partial charge < -0.3 is 14.7 Å². The summed E-state index contributed by atoms with van der Waals surface area (Å²) in [6, 6.07) is 3.28. The summed E-state index contributed by atoms with van der Waals surface area (Å²) >= 11 is 1.06. The van der Waals surface area contributed by atoms with Gasteiger partial charge in [0.1, 0.15) is 22.3 Å². The van der Waals surface area contributed by atoms with E-state index >= 15 is 0 Å². The minimum absolute atomic E-state index is 0.0638. The third kappa shape index (κ3) is 3.36. The Labute approximate surface area is 196 Å². The first kappa shape index (κ1) is 22.4. The Balaban J connectivity index is 1.56. The van der Waals surface area contributed by atoms with Crippen molar-refractivity contribution in [3.63, 3.8) is 0 Å². The standard InChI is InChI=1S/C22H21F2N5O4S/c1-27-21(32)17-19(31)18(30)14(11-29(17)28(2)22(27)5-7-33-8-6-22)20-26-25-16(34-20)9-12-3-4-13(23)10-15(12)24/h3-4,10-11,31H,5-9H2,1-2H3. The second kappa shape index (κ2) is 8.13. The molecule has 9 nitrogen and oxygen atoms in total. The maximum atomic E-state index is 14.0. The van der Waals surface area contributed by atoms with E-state index in [9.17, 15) is 23.5 Å². The number of fused-ring (bicyclic) bond motifs is 1. The molecule has 0 saturated carbocycles. The SMILES string of the molecule is CN1C(=O)c2c(O)c(=O)c(-c3nnc(Cc4ccc(F)cc4F)s3)cn2N(C)C12CCOCC2. The molecule has 2 aliphatic rings. The van der Waals surface area contributed by atoms with Gasteiger partial charge in [0.25, 0.3) is 5.91 Å². The van der Waals surface area contributed by atoms with Crippen LogP contribution in [0.3, 0.4) is 0 Å². The van der Waals surface area contributed by atoms with E-state index in [1.54, 1.807) is 19.0 Å². The van der Waals surface area contributed by atoms with Crippen molar-refractivity contribution in [2.45, 2.75) is 24.9 Å². The number of nitrogens with zero attached hydrogens (tertiary/aromatic N) is 5. The first-order chi connectivity index (χ1) is 16.2. The number of ether oxygens (including phenoxy) is 1. The second-order valence-corrected chi connectivity index (χ2v) is 9.37. The fraction of sp³-hybridized carbons (Fsp3) is 0.364. The lowest BCUT2D eigenvalue weighted by Gasteiger charge is -2.54. The Hall–Kier alpha value is -3.38. The molecule has 5 rings (SSSR count). The van der Waals surface area contributed by atoms with Crippen LogP contribution in [-0.4, -0.2) is 63.8 Å². The number of halogens is 2. The summed E-state index contributed by atoms with van der Waals surface area (Å²) in [5, 5.41) is 21.3. The number of benzene rings is 1. The van der Waals surface area contributed by atoms with Crippen LogP contribution < -0.4 is 10.4 Å². The van der Waals surface area contributed by atoms with Crippen LogP contribution in [0.5, 0.6) is 5.75 Å². The molecule has 2 aliphatic heterocycles. The van der Waals surface area contributed by atoms with Gasteiger partial charge in [0.2, 0.25) is 5.43 Å². The lowest BCUT2D eigenvalue weighted by atomic mass is 9.95. The minimum Gasteiger partial charge on any atom is -0.502 e. The third-order valence-electron chi connectivity index (χ3n) is 6.57. The van der Waals surface area contributed by atoms with Gasteiger partial charge in [-0.3, -0.25) is 19.3 Å². The average Bonchev–Trinajstić information content (AvgIpc) is 3.29. The fourth-order valence-corrected chi connectivity index (χ4v) is 5.43. The molecule has 0 atom stereocenters. The number of pyridine rings is 1. The van der Waals surface area contributed by atoms with E-state index in [4.69, 9.17) is 4.74 Å². The Bertz CT molecular complexity index is 1350. The molecule has 1 saturated heterocycles. The Kier molecular flexibility index (Phi) is 5.36. The number of carbonyl (C=O) groups is 1. The quantitative estimate of drug-likeness (QED) is 0.601. The van der Waals surface area contributed by atoms with Crippen LogP contribution >= 0.6 is 11.3 Å². The molecule has 1 fully saturated rings. The molecule has 2 aromatic heterocycles. The number of hydrogen-bond donors (Lipinski definition) is 1. The first-order valence-corrected chi connectivity index (χ1v) is 11.4. The molecule has 0 radical (unpaired) electrons. The van der Waals surface area contributed by atoms with E-state index in [0.717, 1.165) is 23.5 Å². The lowest BCUT2D eigenvalue weighted by Crippen LogP contribution is -2.69. The van der Waals surface area contributed by atoms with E-state index in [-0.39, 0.29) is 28.2 Å². The molecule has 0 unspecified atom stereocenters. The van der Waals surface area contributed by atoms with Crippen LogP contribution in [-0.2, 0) is 11.2 Å². The fourth-order valence-electron chi connectivity index (χ4n) is 4.56. The van der Waals surface area contributed by atoms with Crippen LogP contribution in [0.4, 0.5) is 8.78 Å². The predicted molar refractivity (Wildman–Crippen MR) is 119 cm³/mol. The van der Waals surface area contributed by atoms with Gasteiger partial charge in [-0.1, -0.05) is 17.4 Å². The van der Waals surface area contributed by atoms with Gasteiger partial charge >= 0.3 is 0 Å². The van der Waals surface area contributed by atoms with Crippen LogP contribution in [0.15, 0.2) is 29.2 Å². The average molecular weight is 490 g/mol. The van der Waals surface area contributed by atoms with Crippen molar-refractivity contribution >= 4 is 17.2 Å². The smallest absolute Gasteiger partial charge is 0.278 e. The predicted octanol–water partition coefficient (Wildman–Crippen LogP) is 2.10. The molecule has 4 heterocycles. The van der Waals surface area contributed by atoms with Crippen molar-refractivity contribution in [2.75, 3.05) is 32.3 Å². The highest BCUT2D eigenvalue weighted by Gasteiger charge is 2.49. The normalized spacial score (nSPS) is 17.4. The molecule has 3 aromatic rings. The summed E-state index contributed by atoms with van der Waals surface area (Å²) in [5.41, 5.74) is -1.25. The summed E-state index contributed by atoms with van der Waals surface area (Å²) in [5.74, 6) is -2.52. The third-order valence-corrected chi connectivity index (χ3v) is 7.53. The molecule has 0 bridgehead atoms. The van der Waals surface area contributed by atoms with Gasteiger partial charge in [0.05, 0.1) is 18.8 Å².